The average molecular weight is 438 g/mol. The molecule has 0 unspecified atom stereocenters. The Morgan fingerprint density at radius 3 is 2.21 bits per heavy atom. The van der Waals surface area contributed by atoms with Crippen LogP contribution < -0.4 is 4.72 Å². The maximum absolute atomic E-state index is 12.6. The lowest BCUT2D eigenvalue weighted by Gasteiger charge is -2.19. The van der Waals surface area contributed by atoms with Crippen LogP contribution in [0.3, 0.4) is 0 Å². The molecule has 0 aliphatic rings. The van der Waals surface area contributed by atoms with Gasteiger partial charge < -0.3 is 0 Å². The molecule has 28 heavy (non-hydrogen) atoms. The molecule has 0 amide bonds. The van der Waals surface area contributed by atoms with Gasteiger partial charge in [-0.05, 0) is 35.2 Å². The van der Waals surface area contributed by atoms with Crippen LogP contribution in [0.4, 0.5) is 5.69 Å². The second-order valence-corrected chi connectivity index (χ2v) is 10.0. The zero-order chi connectivity index (χ0) is 20.5. The summed E-state index contributed by atoms with van der Waals surface area (Å²) in [7, 11) is -3.71. The average Bonchev–Trinajstić information content (AvgIpc) is 3.04. The first-order valence-corrected chi connectivity index (χ1v) is 10.9. The van der Waals surface area contributed by atoms with Gasteiger partial charge in [0.25, 0.3) is 10.0 Å². The lowest BCUT2D eigenvalue weighted by atomic mass is 9.87. The van der Waals surface area contributed by atoms with Crippen LogP contribution in [0.5, 0.6) is 0 Å². The summed E-state index contributed by atoms with van der Waals surface area (Å²) in [5.74, 6) is 0. The van der Waals surface area contributed by atoms with Crippen molar-refractivity contribution in [3.63, 3.8) is 0 Å². The van der Waals surface area contributed by atoms with Crippen LogP contribution in [0.2, 0.25) is 10.0 Å². The Morgan fingerprint density at radius 2 is 1.64 bits per heavy atom. The number of nitrogens with one attached hydrogen (secondary N) is 1. The highest BCUT2D eigenvalue weighted by Crippen LogP contribution is 2.26. The van der Waals surface area contributed by atoms with Crippen molar-refractivity contribution in [3.05, 3.63) is 76.0 Å². The fourth-order valence-electron chi connectivity index (χ4n) is 2.70. The standard InChI is InChI=1S/C20H21Cl2N3O2S/c1-20(2,3)14-7-9-16(10-8-14)28(26,27)24-15-11-23-25(12-15)13-17-18(21)5-4-6-19(17)22/h4-12,24H,13H2,1-3H3. The van der Waals surface area contributed by atoms with Gasteiger partial charge in [0.05, 0.1) is 23.3 Å². The van der Waals surface area contributed by atoms with Gasteiger partial charge in [-0.25, -0.2) is 8.42 Å². The van der Waals surface area contributed by atoms with Crippen LogP contribution >= 0.6 is 23.2 Å². The zero-order valence-corrected chi connectivity index (χ0v) is 18.1. The van der Waals surface area contributed by atoms with E-state index in [-0.39, 0.29) is 10.3 Å². The lowest BCUT2D eigenvalue weighted by molar-refractivity contribution is 0.587. The molecule has 0 atom stereocenters. The molecular weight excluding hydrogens is 417 g/mol. The molecule has 8 heteroatoms. The largest absolute Gasteiger partial charge is 0.276 e. The third-order valence-corrected chi connectivity index (χ3v) is 6.40. The Labute approximate surface area is 175 Å². The molecule has 5 nitrogen and oxygen atoms in total. The molecule has 2 aromatic carbocycles. The van der Waals surface area contributed by atoms with Gasteiger partial charge in [-0.3, -0.25) is 9.40 Å². The minimum absolute atomic E-state index is 0.0448. The Morgan fingerprint density at radius 1 is 1.04 bits per heavy atom. The molecule has 1 N–H and O–H groups in total. The minimum Gasteiger partial charge on any atom is -0.276 e. The summed E-state index contributed by atoms with van der Waals surface area (Å²) in [5, 5.41) is 5.25. The minimum atomic E-state index is -3.71. The highest BCUT2D eigenvalue weighted by Gasteiger charge is 2.18. The summed E-state index contributed by atoms with van der Waals surface area (Å²) in [5.41, 5.74) is 2.11. The van der Waals surface area contributed by atoms with Gasteiger partial charge in [-0.1, -0.05) is 62.2 Å². The van der Waals surface area contributed by atoms with Gasteiger partial charge in [0.15, 0.2) is 0 Å². The summed E-state index contributed by atoms with van der Waals surface area (Å²) in [6.45, 7) is 6.57. The second kappa shape index (κ2) is 7.78. The van der Waals surface area contributed by atoms with E-state index in [0.29, 0.717) is 22.3 Å². The first-order chi connectivity index (χ1) is 13.1. The topological polar surface area (TPSA) is 64.0 Å². The molecule has 148 valence electrons. The van der Waals surface area contributed by atoms with Gasteiger partial charge in [0.1, 0.15) is 0 Å². The van der Waals surface area contributed by atoms with Crippen molar-refractivity contribution in [3.8, 4) is 0 Å². The SMILES string of the molecule is CC(C)(C)c1ccc(S(=O)(=O)Nc2cnn(Cc3c(Cl)cccc3Cl)c2)cc1. The number of rotatable bonds is 5. The van der Waals surface area contributed by atoms with E-state index in [2.05, 4.69) is 30.6 Å². The molecule has 0 bridgehead atoms. The van der Waals surface area contributed by atoms with E-state index in [1.54, 1.807) is 41.2 Å². The first kappa shape index (κ1) is 20.7. The van der Waals surface area contributed by atoms with Crippen molar-refractivity contribution in [2.75, 3.05) is 4.72 Å². The van der Waals surface area contributed by atoms with Gasteiger partial charge >= 0.3 is 0 Å². The molecular formula is C20H21Cl2N3O2S. The third-order valence-electron chi connectivity index (χ3n) is 4.30. The van der Waals surface area contributed by atoms with E-state index < -0.39 is 10.0 Å². The smallest absolute Gasteiger partial charge is 0.261 e. The van der Waals surface area contributed by atoms with Crippen molar-refractivity contribution in [1.82, 2.24) is 9.78 Å². The van der Waals surface area contributed by atoms with E-state index >= 15 is 0 Å². The Balaban J connectivity index is 1.77. The van der Waals surface area contributed by atoms with Crippen LogP contribution in [0.15, 0.2) is 59.8 Å². The maximum atomic E-state index is 12.6. The molecule has 0 saturated carbocycles. The molecule has 0 saturated heterocycles. The van der Waals surface area contributed by atoms with E-state index in [4.69, 9.17) is 23.2 Å². The number of aromatic nitrogens is 2. The fourth-order valence-corrected chi connectivity index (χ4v) is 4.24. The molecule has 0 fully saturated rings. The number of hydrogen-bond acceptors (Lipinski definition) is 3. The molecule has 0 aliphatic heterocycles. The highest BCUT2D eigenvalue weighted by atomic mass is 35.5. The summed E-state index contributed by atoms with van der Waals surface area (Å²) < 4.78 is 29.4. The summed E-state index contributed by atoms with van der Waals surface area (Å²) >= 11 is 12.4. The number of anilines is 1. The quantitative estimate of drug-likeness (QED) is 0.585. The Bertz CT molecular complexity index is 1070. The Kier molecular flexibility index (Phi) is 5.75. The first-order valence-electron chi connectivity index (χ1n) is 8.65. The fraction of sp³-hybridized carbons (Fsp3) is 0.250. The van der Waals surface area contributed by atoms with Gasteiger partial charge in [0.2, 0.25) is 0 Å². The molecule has 3 aromatic rings. The highest BCUT2D eigenvalue weighted by molar-refractivity contribution is 7.92. The molecule has 3 rings (SSSR count). The molecule has 0 spiro atoms. The summed E-state index contributed by atoms with van der Waals surface area (Å²) in [6.07, 6.45) is 3.05. The van der Waals surface area contributed by atoms with E-state index in [1.165, 1.54) is 6.20 Å². The predicted molar refractivity (Wildman–Crippen MR) is 114 cm³/mol. The maximum Gasteiger partial charge on any atom is 0.261 e. The van der Waals surface area contributed by atoms with Gasteiger partial charge in [0, 0.05) is 21.8 Å². The van der Waals surface area contributed by atoms with Crippen molar-refractivity contribution in [2.45, 2.75) is 37.6 Å². The molecule has 0 aliphatic carbocycles. The number of sulfonamides is 1. The van der Waals surface area contributed by atoms with Crippen molar-refractivity contribution in [2.24, 2.45) is 0 Å². The van der Waals surface area contributed by atoms with Gasteiger partial charge in [-0.15, -0.1) is 0 Å². The number of nitrogens with zero attached hydrogens (tertiary/aromatic N) is 2. The Hall–Kier alpha value is -2.02. The summed E-state index contributed by atoms with van der Waals surface area (Å²) in [4.78, 5) is 0.197. The normalized spacial score (nSPS) is 12.2. The zero-order valence-electron chi connectivity index (χ0n) is 15.8. The van der Waals surface area contributed by atoms with Gasteiger partial charge in [-0.2, -0.15) is 5.10 Å². The van der Waals surface area contributed by atoms with Crippen LogP contribution in [-0.2, 0) is 22.0 Å². The van der Waals surface area contributed by atoms with Crippen molar-refractivity contribution >= 4 is 38.9 Å². The predicted octanol–water partition coefficient (Wildman–Crippen LogP) is 5.34. The van der Waals surface area contributed by atoms with Crippen LogP contribution in [-0.4, -0.2) is 18.2 Å². The number of benzene rings is 2. The monoisotopic (exact) mass is 437 g/mol. The summed E-state index contributed by atoms with van der Waals surface area (Å²) in [6, 6.07) is 12.1. The molecule has 1 heterocycles. The molecule has 0 radical (unpaired) electrons. The van der Waals surface area contributed by atoms with Crippen LogP contribution in [0.25, 0.3) is 0 Å². The van der Waals surface area contributed by atoms with Crippen molar-refractivity contribution in [1.29, 1.82) is 0 Å². The van der Waals surface area contributed by atoms with Crippen LogP contribution in [0.1, 0.15) is 31.9 Å². The van der Waals surface area contributed by atoms with E-state index in [1.807, 2.05) is 12.1 Å². The van der Waals surface area contributed by atoms with E-state index in [9.17, 15) is 8.42 Å². The number of hydrogen-bond donors (Lipinski definition) is 1. The number of halogens is 2. The van der Waals surface area contributed by atoms with E-state index in [0.717, 1.165) is 11.1 Å². The molecule has 1 aromatic heterocycles. The second-order valence-electron chi connectivity index (χ2n) is 7.51. The third kappa shape index (κ3) is 4.69. The lowest BCUT2D eigenvalue weighted by Crippen LogP contribution is -2.14. The van der Waals surface area contributed by atoms with Crippen molar-refractivity contribution < 1.29 is 8.42 Å². The van der Waals surface area contributed by atoms with Crippen LogP contribution in [0, 0.1) is 0 Å².